The molecule has 31 heavy (non-hydrogen) atoms. The fourth-order valence-electron chi connectivity index (χ4n) is 3.69. The van der Waals surface area contributed by atoms with Gasteiger partial charge in [-0.25, -0.2) is 9.78 Å². The van der Waals surface area contributed by atoms with Gasteiger partial charge in [0.2, 0.25) is 5.91 Å². The lowest BCUT2D eigenvalue weighted by Crippen LogP contribution is -2.43. The van der Waals surface area contributed by atoms with Gasteiger partial charge in [-0.15, -0.1) is 11.3 Å². The summed E-state index contributed by atoms with van der Waals surface area (Å²) in [6.07, 6.45) is 0.489. The van der Waals surface area contributed by atoms with Crippen molar-refractivity contribution in [3.63, 3.8) is 0 Å². The van der Waals surface area contributed by atoms with E-state index in [0.29, 0.717) is 12.1 Å². The van der Waals surface area contributed by atoms with Crippen molar-refractivity contribution in [3.8, 4) is 10.6 Å². The fraction of sp³-hybridized carbons (Fsp3) is 0.522. The van der Waals surface area contributed by atoms with Gasteiger partial charge in [0, 0.05) is 43.7 Å². The van der Waals surface area contributed by atoms with E-state index >= 15 is 0 Å². The normalized spacial score (nSPS) is 16.4. The van der Waals surface area contributed by atoms with Crippen LogP contribution in [0.3, 0.4) is 0 Å². The molecule has 1 aromatic heterocycles. The van der Waals surface area contributed by atoms with Crippen molar-refractivity contribution < 1.29 is 14.7 Å². The van der Waals surface area contributed by atoms with Gasteiger partial charge >= 0.3 is 5.97 Å². The van der Waals surface area contributed by atoms with E-state index < -0.39 is 12.0 Å². The average Bonchev–Trinajstić information content (AvgIpc) is 3.17. The third kappa shape index (κ3) is 7.12. The molecule has 1 aliphatic rings. The molecule has 1 amide bonds. The Morgan fingerprint density at radius 1 is 1.23 bits per heavy atom. The van der Waals surface area contributed by atoms with Gasteiger partial charge < -0.3 is 15.3 Å². The summed E-state index contributed by atoms with van der Waals surface area (Å²) in [5.41, 5.74) is 2.97. The largest absolute Gasteiger partial charge is 0.480 e. The molecule has 0 bridgehead atoms. The van der Waals surface area contributed by atoms with E-state index in [1.54, 1.807) is 0 Å². The number of rotatable bonds is 9. The number of aliphatic carboxylic acids is 1. The summed E-state index contributed by atoms with van der Waals surface area (Å²) < 4.78 is 0. The molecule has 1 atom stereocenters. The van der Waals surface area contributed by atoms with E-state index in [4.69, 9.17) is 0 Å². The zero-order valence-electron chi connectivity index (χ0n) is 18.5. The first-order chi connectivity index (χ1) is 14.8. The molecule has 1 unspecified atom stereocenters. The maximum absolute atomic E-state index is 12.3. The number of carboxylic acids is 1. The van der Waals surface area contributed by atoms with Gasteiger partial charge in [-0.1, -0.05) is 32.0 Å². The Bertz CT molecular complexity index is 890. The van der Waals surface area contributed by atoms with Gasteiger partial charge in [-0.3, -0.25) is 9.69 Å². The van der Waals surface area contributed by atoms with Crippen LogP contribution in [0.4, 0.5) is 0 Å². The Morgan fingerprint density at radius 3 is 2.65 bits per heavy atom. The molecule has 1 saturated heterocycles. The van der Waals surface area contributed by atoms with Gasteiger partial charge in [-0.2, -0.15) is 0 Å². The van der Waals surface area contributed by atoms with Crippen molar-refractivity contribution in [2.75, 3.05) is 33.2 Å². The number of likely N-dealkylation sites (N-methyl/N-ethyl adjacent to an activating group) is 1. The van der Waals surface area contributed by atoms with Crippen LogP contribution in [-0.4, -0.2) is 71.0 Å². The molecule has 0 radical (unpaired) electrons. The van der Waals surface area contributed by atoms with Gasteiger partial charge in [-0.05, 0) is 31.0 Å². The van der Waals surface area contributed by atoms with Gasteiger partial charge in [0.05, 0.1) is 12.1 Å². The predicted octanol–water partition coefficient (Wildman–Crippen LogP) is 2.72. The molecule has 0 aliphatic carbocycles. The lowest BCUT2D eigenvalue weighted by Gasteiger charge is -2.32. The van der Waals surface area contributed by atoms with Crippen LogP contribution in [0.25, 0.3) is 10.6 Å². The number of piperazine rings is 1. The first kappa shape index (κ1) is 23.4. The second-order valence-electron chi connectivity index (χ2n) is 8.69. The molecule has 1 fully saturated rings. The predicted molar refractivity (Wildman–Crippen MR) is 123 cm³/mol. The lowest BCUT2D eigenvalue weighted by atomic mass is 10.0. The van der Waals surface area contributed by atoms with E-state index in [2.05, 4.69) is 45.3 Å². The second-order valence-corrected chi connectivity index (χ2v) is 9.55. The highest BCUT2D eigenvalue weighted by Gasteiger charge is 2.21. The van der Waals surface area contributed by atoms with E-state index in [1.807, 2.05) is 25.3 Å². The highest BCUT2D eigenvalue weighted by molar-refractivity contribution is 7.13. The minimum absolute atomic E-state index is 0.0827. The quantitative estimate of drug-likeness (QED) is 0.619. The van der Waals surface area contributed by atoms with Crippen molar-refractivity contribution in [1.82, 2.24) is 20.1 Å². The first-order valence-corrected chi connectivity index (χ1v) is 11.6. The second kappa shape index (κ2) is 10.8. The Hall–Kier alpha value is -2.29. The summed E-state index contributed by atoms with van der Waals surface area (Å²) in [5.74, 6) is -1.13. The maximum Gasteiger partial charge on any atom is 0.326 e. The fourth-order valence-corrected chi connectivity index (χ4v) is 4.51. The molecule has 7 nitrogen and oxygen atoms in total. The van der Waals surface area contributed by atoms with Crippen LogP contribution in [0.15, 0.2) is 29.6 Å². The molecule has 2 aromatic rings. The standard InChI is InChI=1S/C23H32N4O3S/c1-16(2)11-20(23(29)30)25-21(28)13-19-15-31-22(24-19)18-6-4-5-17(12-18)14-27-9-7-26(3)8-10-27/h4-6,12,15-16,20H,7-11,13-14H2,1-3H3,(H,25,28)(H,29,30). The van der Waals surface area contributed by atoms with Gasteiger partial charge in [0.1, 0.15) is 11.0 Å². The van der Waals surface area contributed by atoms with Crippen molar-refractivity contribution in [2.24, 2.45) is 5.92 Å². The number of nitrogens with zero attached hydrogens (tertiary/aromatic N) is 3. The smallest absolute Gasteiger partial charge is 0.326 e. The molecular formula is C23H32N4O3S. The molecular weight excluding hydrogens is 412 g/mol. The first-order valence-electron chi connectivity index (χ1n) is 10.8. The van der Waals surface area contributed by atoms with Crippen molar-refractivity contribution in [2.45, 2.75) is 39.3 Å². The van der Waals surface area contributed by atoms with E-state index in [-0.39, 0.29) is 18.2 Å². The Balaban J connectivity index is 1.60. The third-order valence-electron chi connectivity index (χ3n) is 5.41. The van der Waals surface area contributed by atoms with E-state index in [0.717, 1.165) is 43.3 Å². The summed E-state index contributed by atoms with van der Waals surface area (Å²) in [7, 11) is 2.16. The average molecular weight is 445 g/mol. The summed E-state index contributed by atoms with van der Waals surface area (Å²) in [5, 5.41) is 14.7. The molecule has 1 aromatic carbocycles. The van der Waals surface area contributed by atoms with Crippen LogP contribution in [0.2, 0.25) is 0 Å². The van der Waals surface area contributed by atoms with Crippen LogP contribution in [0, 0.1) is 5.92 Å². The van der Waals surface area contributed by atoms with Crippen LogP contribution in [0.1, 0.15) is 31.5 Å². The number of benzene rings is 1. The number of hydrogen-bond acceptors (Lipinski definition) is 6. The molecule has 3 rings (SSSR count). The summed E-state index contributed by atoms with van der Waals surface area (Å²) in [4.78, 5) is 33.1. The van der Waals surface area contributed by atoms with Crippen LogP contribution < -0.4 is 5.32 Å². The van der Waals surface area contributed by atoms with E-state index in [1.165, 1.54) is 16.9 Å². The third-order valence-corrected chi connectivity index (χ3v) is 6.35. The maximum atomic E-state index is 12.3. The Morgan fingerprint density at radius 2 is 1.97 bits per heavy atom. The molecule has 0 saturated carbocycles. The number of amides is 1. The van der Waals surface area contributed by atoms with Crippen molar-refractivity contribution in [1.29, 1.82) is 0 Å². The highest BCUT2D eigenvalue weighted by atomic mass is 32.1. The van der Waals surface area contributed by atoms with Crippen LogP contribution >= 0.6 is 11.3 Å². The Labute approximate surface area is 188 Å². The van der Waals surface area contributed by atoms with Crippen LogP contribution in [0.5, 0.6) is 0 Å². The van der Waals surface area contributed by atoms with Crippen molar-refractivity contribution >= 4 is 23.2 Å². The monoisotopic (exact) mass is 444 g/mol. The minimum Gasteiger partial charge on any atom is -0.480 e. The molecule has 8 heteroatoms. The number of carboxylic acid groups (broad SMARTS) is 1. The molecule has 168 valence electrons. The molecule has 2 N–H and O–H groups in total. The number of nitrogens with one attached hydrogen (secondary N) is 1. The number of carbonyl (C=O) groups is 2. The topological polar surface area (TPSA) is 85.8 Å². The van der Waals surface area contributed by atoms with Gasteiger partial charge in [0.15, 0.2) is 0 Å². The SMILES string of the molecule is CC(C)CC(NC(=O)Cc1csc(-c2cccc(CN3CCN(C)CC3)c2)n1)C(=O)O. The zero-order valence-corrected chi connectivity index (χ0v) is 19.3. The number of aromatic nitrogens is 1. The summed E-state index contributed by atoms with van der Waals surface area (Å²) in [6, 6.07) is 7.54. The van der Waals surface area contributed by atoms with Crippen molar-refractivity contribution in [3.05, 3.63) is 40.9 Å². The van der Waals surface area contributed by atoms with Crippen LogP contribution in [-0.2, 0) is 22.6 Å². The minimum atomic E-state index is -1.00. The number of carbonyl (C=O) groups excluding carboxylic acids is 1. The highest BCUT2D eigenvalue weighted by Crippen LogP contribution is 2.25. The number of hydrogen-bond donors (Lipinski definition) is 2. The molecule has 1 aliphatic heterocycles. The summed E-state index contributed by atoms with van der Waals surface area (Å²) in [6.45, 7) is 9.14. The van der Waals surface area contributed by atoms with Gasteiger partial charge in [0.25, 0.3) is 0 Å². The lowest BCUT2D eigenvalue weighted by molar-refractivity contribution is -0.142. The van der Waals surface area contributed by atoms with E-state index in [9.17, 15) is 14.7 Å². The molecule has 0 spiro atoms. The zero-order chi connectivity index (χ0) is 22.4. The summed E-state index contributed by atoms with van der Waals surface area (Å²) >= 11 is 1.51. The molecule has 2 heterocycles. The Kier molecular flexibility index (Phi) is 8.17. The number of thiazole rings is 1.